The van der Waals surface area contributed by atoms with Gasteiger partial charge >= 0.3 is 0 Å². The molecule has 2 unspecified atom stereocenters. The van der Waals surface area contributed by atoms with Crippen molar-refractivity contribution in [3.63, 3.8) is 0 Å². The molecule has 4 nitrogen and oxygen atoms in total. The quantitative estimate of drug-likeness (QED) is 0.429. The molecule has 0 spiro atoms. The lowest BCUT2D eigenvalue weighted by Crippen LogP contribution is -2.44. The third-order valence-corrected chi connectivity index (χ3v) is 11.9. The Balaban J connectivity index is 1.89. The predicted molar refractivity (Wildman–Crippen MR) is 134 cm³/mol. The third kappa shape index (κ3) is 6.15. The summed E-state index contributed by atoms with van der Waals surface area (Å²) in [5, 5.41) is 1.10. The Hall–Kier alpha value is -1.37. The van der Waals surface area contributed by atoms with Crippen molar-refractivity contribution >= 4 is 37.4 Å². The van der Waals surface area contributed by atoms with Crippen LogP contribution in [0.15, 0.2) is 48.5 Å². The summed E-state index contributed by atoms with van der Waals surface area (Å²) >= 11 is 12.5. The van der Waals surface area contributed by atoms with Crippen LogP contribution < -0.4 is 0 Å². The highest BCUT2D eigenvalue weighted by Crippen LogP contribution is 2.38. The minimum absolute atomic E-state index is 0.0197. The molecule has 32 heavy (non-hydrogen) atoms. The number of hydrogen-bond donors (Lipinski definition) is 0. The first-order valence-electron chi connectivity index (χ1n) is 11.0. The van der Waals surface area contributed by atoms with Crippen LogP contribution in [-0.2, 0) is 20.5 Å². The molecule has 1 fully saturated rings. The normalized spacial score (nSPS) is 20.3. The third-order valence-electron chi connectivity index (χ3n) is 6.64. The van der Waals surface area contributed by atoms with Crippen molar-refractivity contribution < 1.29 is 14.0 Å². The van der Waals surface area contributed by atoms with Crippen LogP contribution in [0.5, 0.6) is 0 Å². The first-order valence-corrected chi connectivity index (χ1v) is 14.7. The van der Waals surface area contributed by atoms with Gasteiger partial charge in [-0.2, -0.15) is 0 Å². The Morgan fingerprint density at radius 1 is 1.09 bits per heavy atom. The Labute approximate surface area is 202 Å². The first kappa shape index (κ1) is 25.3. The van der Waals surface area contributed by atoms with Gasteiger partial charge in [0.2, 0.25) is 5.91 Å². The second-order valence-corrected chi connectivity index (χ2v) is 15.6. The van der Waals surface area contributed by atoms with Crippen LogP contribution in [0.1, 0.15) is 37.8 Å². The fraction of sp³-hybridized carbons (Fsp3) is 0.480. The van der Waals surface area contributed by atoms with Crippen molar-refractivity contribution in [3.8, 4) is 0 Å². The molecule has 1 aliphatic heterocycles. The molecular weight excluding hydrogens is 461 g/mol. The zero-order chi connectivity index (χ0) is 23.5. The summed E-state index contributed by atoms with van der Waals surface area (Å²) < 4.78 is 12.7. The van der Waals surface area contributed by atoms with Crippen LogP contribution >= 0.6 is 23.2 Å². The topological polar surface area (TPSA) is 38.8 Å². The summed E-state index contributed by atoms with van der Waals surface area (Å²) in [5.74, 6) is -0.0987. The molecule has 0 radical (unpaired) electrons. The van der Waals surface area contributed by atoms with Crippen molar-refractivity contribution in [1.29, 1.82) is 0 Å². The van der Waals surface area contributed by atoms with E-state index in [0.29, 0.717) is 29.7 Å². The molecule has 0 aromatic heterocycles. The van der Waals surface area contributed by atoms with Crippen molar-refractivity contribution in [2.24, 2.45) is 0 Å². The van der Waals surface area contributed by atoms with E-state index in [1.165, 1.54) is 0 Å². The van der Waals surface area contributed by atoms with Gasteiger partial charge in [-0.25, -0.2) is 0 Å². The zero-order valence-electron chi connectivity index (χ0n) is 19.5. The van der Waals surface area contributed by atoms with Gasteiger partial charge in [-0.1, -0.05) is 80.4 Å². The van der Waals surface area contributed by atoms with Crippen molar-refractivity contribution in [2.45, 2.75) is 57.5 Å². The Morgan fingerprint density at radius 3 is 2.41 bits per heavy atom. The van der Waals surface area contributed by atoms with E-state index < -0.39 is 8.32 Å². The zero-order valence-corrected chi connectivity index (χ0v) is 22.0. The lowest BCUT2D eigenvalue weighted by atomic mass is 9.93. The molecule has 0 saturated carbocycles. The standard InChI is InChI=1S/C25H33Cl2NO3Si/c1-25(2,3)32(4,5)31-16-23-20(19-11-12-21(26)22(27)13-19)15-28(24(29)17-30-23)14-18-9-7-6-8-10-18/h6-13,20,23H,14-17H2,1-5H3. The van der Waals surface area contributed by atoms with Gasteiger partial charge in [0.05, 0.1) is 22.8 Å². The number of benzene rings is 2. The minimum atomic E-state index is -1.98. The van der Waals surface area contributed by atoms with Crippen LogP contribution in [0, 0.1) is 0 Å². The molecule has 0 aliphatic carbocycles. The van der Waals surface area contributed by atoms with Gasteiger partial charge in [0.15, 0.2) is 8.32 Å². The number of carbonyl (C=O) groups excluding carboxylic acids is 1. The summed E-state index contributed by atoms with van der Waals surface area (Å²) in [7, 11) is -1.98. The van der Waals surface area contributed by atoms with E-state index in [4.69, 9.17) is 32.4 Å². The average molecular weight is 495 g/mol. The number of hydrogen-bond acceptors (Lipinski definition) is 3. The molecule has 2 aromatic carbocycles. The van der Waals surface area contributed by atoms with Crippen molar-refractivity contribution in [2.75, 3.05) is 19.8 Å². The number of carbonyl (C=O) groups is 1. The van der Waals surface area contributed by atoms with E-state index in [-0.39, 0.29) is 29.6 Å². The average Bonchev–Trinajstić information content (AvgIpc) is 2.88. The molecule has 1 heterocycles. The molecule has 0 N–H and O–H groups in total. The molecule has 174 valence electrons. The van der Waals surface area contributed by atoms with Crippen LogP contribution in [0.25, 0.3) is 0 Å². The highest BCUT2D eigenvalue weighted by atomic mass is 35.5. The molecule has 2 atom stereocenters. The Kier molecular flexibility index (Phi) is 8.10. The first-order chi connectivity index (χ1) is 15.0. The van der Waals surface area contributed by atoms with Gasteiger partial charge in [-0.3, -0.25) is 4.79 Å². The van der Waals surface area contributed by atoms with E-state index >= 15 is 0 Å². The van der Waals surface area contributed by atoms with Gasteiger partial charge < -0.3 is 14.1 Å². The maximum absolute atomic E-state index is 12.9. The monoisotopic (exact) mass is 493 g/mol. The Morgan fingerprint density at radius 2 is 1.78 bits per heavy atom. The lowest BCUT2D eigenvalue weighted by Gasteiger charge is -2.38. The second-order valence-electron chi connectivity index (χ2n) is 9.96. The van der Waals surface area contributed by atoms with Crippen molar-refractivity contribution in [3.05, 3.63) is 69.7 Å². The number of rotatable bonds is 6. The smallest absolute Gasteiger partial charge is 0.248 e. The van der Waals surface area contributed by atoms with Crippen molar-refractivity contribution in [1.82, 2.24) is 4.90 Å². The highest BCUT2D eigenvalue weighted by molar-refractivity contribution is 6.74. The van der Waals surface area contributed by atoms with Gasteiger partial charge in [0.1, 0.15) is 6.61 Å². The van der Waals surface area contributed by atoms with Crippen LogP contribution in [0.2, 0.25) is 28.2 Å². The van der Waals surface area contributed by atoms with E-state index in [2.05, 4.69) is 33.9 Å². The van der Waals surface area contributed by atoms with Gasteiger partial charge in [-0.05, 0) is 41.4 Å². The van der Waals surface area contributed by atoms with Crippen LogP contribution in [0.3, 0.4) is 0 Å². The fourth-order valence-corrected chi connectivity index (χ4v) is 4.85. The second kappa shape index (κ2) is 10.3. The number of halogens is 2. The molecule has 1 saturated heterocycles. The fourth-order valence-electron chi connectivity index (χ4n) is 3.53. The molecule has 0 bridgehead atoms. The molecule has 2 aromatic rings. The minimum Gasteiger partial charge on any atom is -0.414 e. The molecule has 1 amide bonds. The van der Waals surface area contributed by atoms with Crippen LogP contribution in [-0.4, -0.2) is 45.0 Å². The van der Waals surface area contributed by atoms with Gasteiger partial charge in [0.25, 0.3) is 0 Å². The summed E-state index contributed by atoms with van der Waals surface area (Å²) in [6, 6.07) is 15.7. The summed E-state index contributed by atoms with van der Waals surface area (Å²) in [4.78, 5) is 14.8. The van der Waals surface area contributed by atoms with Gasteiger partial charge in [0, 0.05) is 19.0 Å². The molecule has 1 aliphatic rings. The lowest BCUT2D eigenvalue weighted by molar-refractivity contribution is -0.135. The molecule has 7 heteroatoms. The largest absolute Gasteiger partial charge is 0.414 e. The number of nitrogens with zero attached hydrogens (tertiary/aromatic N) is 1. The maximum atomic E-state index is 12.9. The number of amides is 1. The molecule has 3 rings (SSSR count). The summed E-state index contributed by atoms with van der Waals surface area (Å²) in [6.07, 6.45) is -0.258. The van der Waals surface area contributed by atoms with E-state index in [9.17, 15) is 4.79 Å². The summed E-state index contributed by atoms with van der Waals surface area (Å²) in [6.45, 7) is 12.6. The predicted octanol–water partition coefficient (Wildman–Crippen LogP) is 6.53. The van der Waals surface area contributed by atoms with E-state index in [0.717, 1.165) is 11.1 Å². The van der Waals surface area contributed by atoms with Gasteiger partial charge in [-0.15, -0.1) is 0 Å². The molecular formula is C25H33Cl2NO3Si. The number of ether oxygens (including phenoxy) is 1. The van der Waals surface area contributed by atoms with E-state index in [1.807, 2.05) is 47.4 Å². The SMILES string of the molecule is CC(C)(C)[Si](C)(C)OCC1OCC(=O)N(Cc2ccccc2)CC1c1ccc(Cl)c(Cl)c1. The summed E-state index contributed by atoms with van der Waals surface area (Å²) in [5.41, 5.74) is 2.08. The highest BCUT2D eigenvalue weighted by Gasteiger charge is 2.40. The van der Waals surface area contributed by atoms with Crippen LogP contribution in [0.4, 0.5) is 0 Å². The van der Waals surface area contributed by atoms with E-state index in [1.54, 1.807) is 6.07 Å². The maximum Gasteiger partial charge on any atom is 0.248 e. The Bertz CT molecular complexity index is 931.